The Morgan fingerprint density at radius 1 is 1.47 bits per heavy atom. The van der Waals surface area contributed by atoms with Crippen LogP contribution in [-0.2, 0) is 4.74 Å². The van der Waals surface area contributed by atoms with Crippen molar-refractivity contribution >= 4 is 17.6 Å². The van der Waals surface area contributed by atoms with Crippen molar-refractivity contribution in [2.45, 2.75) is 33.8 Å². The van der Waals surface area contributed by atoms with Crippen molar-refractivity contribution in [1.82, 2.24) is 4.98 Å². The number of carbonyl (C=O) groups is 1. The molecule has 1 heterocycles. The maximum absolute atomic E-state index is 11.5. The van der Waals surface area contributed by atoms with Crippen molar-refractivity contribution < 1.29 is 9.53 Å². The van der Waals surface area contributed by atoms with Crippen molar-refractivity contribution in [1.29, 1.82) is 0 Å². The molecular formula is C11H14ClNO2. The maximum Gasteiger partial charge on any atom is 0.357 e. The highest BCUT2D eigenvalue weighted by Gasteiger charge is 2.13. The predicted molar refractivity (Wildman–Crippen MR) is 59.3 cm³/mol. The van der Waals surface area contributed by atoms with Gasteiger partial charge in [-0.1, -0.05) is 11.6 Å². The average Bonchev–Trinajstić information content (AvgIpc) is 2.12. The van der Waals surface area contributed by atoms with Crippen LogP contribution in [0.3, 0.4) is 0 Å². The Bertz CT molecular complexity index is 365. The van der Waals surface area contributed by atoms with Crippen LogP contribution in [-0.4, -0.2) is 17.1 Å². The summed E-state index contributed by atoms with van der Waals surface area (Å²) >= 11 is 5.95. The van der Waals surface area contributed by atoms with Gasteiger partial charge >= 0.3 is 5.97 Å². The van der Waals surface area contributed by atoms with E-state index in [2.05, 4.69) is 4.98 Å². The third kappa shape index (κ3) is 2.93. The molecule has 0 fully saturated rings. The molecule has 0 bridgehead atoms. The predicted octanol–water partition coefficient (Wildman–Crippen LogP) is 2.92. The molecule has 3 nitrogen and oxygen atoms in total. The van der Waals surface area contributed by atoms with Gasteiger partial charge in [-0.3, -0.25) is 0 Å². The summed E-state index contributed by atoms with van der Waals surface area (Å²) < 4.78 is 5.03. The quantitative estimate of drug-likeness (QED) is 0.730. The molecule has 0 saturated carbocycles. The fraction of sp³-hybridized carbons (Fsp3) is 0.455. The number of nitrogens with zero attached hydrogens (tertiary/aromatic N) is 1. The second-order valence-electron chi connectivity index (χ2n) is 3.65. The van der Waals surface area contributed by atoms with Crippen molar-refractivity contribution in [3.8, 4) is 0 Å². The number of pyridine rings is 1. The number of aromatic nitrogens is 1. The Labute approximate surface area is 94.4 Å². The van der Waals surface area contributed by atoms with E-state index in [-0.39, 0.29) is 11.8 Å². The van der Waals surface area contributed by atoms with Gasteiger partial charge in [-0.25, -0.2) is 9.78 Å². The molecule has 15 heavy (non-hydrogen) atoms. The van der Waals surface area contributed by atoms with E-state index in [1.54, 1.807) is 13.8 Å². The maximum atomic E-state index is 11.5. The summed E-state index contributed by atoms with van der Waals surface area (Å²) in [4.78, 5) is 15.7. The van der Waals surface area contributed by atoms with Gasteiger partial charge in [0, 0.05) is 10.7 Å². The molecular weight excluding hydrogens is 214 g/mol. The van der Waals surface area contributed by atoms with Crippen molar-refractivity contribution in [3.05, 3.63) is 28.0 Å². The standard InChI is InChI=1S/C11H14ClNO2/c1-6(2)15-11(14)10-5-9(12)7(3)8(4)13-10/h5-6H,1-4H3. The zero-order valence-electron chi connectivity index (χ0n) is 9.30. The first-order valence-corrected chi connectivity index (χ1v) is 5.14. The van der Waals surface area contributed by atoms with Gasteiger partial charge in [0.1, 0.15) is 5.69 Å². The van der Waals surface area contributed by atoms with Crippen LogP contribution in [0.1, 0.15) is 35.6 Å². The van der Waals surface area contributed by atoms with Gasteiger partial charge in [0.15, 0.2) is 0 Å². The first-order valence-electron chi connectivity index (χ1n) is 4.76. The Morgan fingerprint density at radius 3 is 2.53 bits per heavy atom. The molecule has 0 N–H and O–H groups in total. The summed E-state index contributed by atoms with van der Waals surface area (Å²) in [6, 6.07) is 1.54. The van der Waals surface area contributed by atoms with E-state index in [9.17, 15) is 4.79 Å². The third-order valence-electron chi connectivity index (χ3n) is 2.00. The molecule has 0 aliphatic heterocycles. The highest BCUT2D eigenvalue weighted by atomic mass is 35.5. The van der Waals surface area contributed by atoms with Crippen molar-refractivity contribution in [3.63, 3.8) is 0 Å². The number of esters is 1. The highest BCUT2D eigenvalue weighted by molar-refractivity contribution is 6.31. The van der Waals surface area contributed by atoms with Crippen LogP contribution in [0.4, 0.5) is 0 Å². The lowest BCUT2D eigenvalue weighted by molar-refractivity contribution is 0.0370. The molecule has 1 aromatic rings. The lowest BCUT2D eigenvalue weighted by Gasteiger charge is -2.09. The summed E-state index contributed by atoms with van der Waals surface area (Å²) in [5, 5.41) is 0.540. The van der Waals surface area contributed by atoms with Crippen LogP contribution in [0, 0.1) is 13.8 Å². The van der Waals surface area contributed by atoms with Crippen molar-refractivity contribution in [2.75, 3.05) is 0 Å². The summed E-state index contributed by atoms with van der Waals surface area (Å²) in [7, 11) is 0. The van der Waals surface area contributed by atoms with E-state index in [0.717, 1.165) is 11.3 Å². The second-order valence-corrected chi connectivity index (χ2v) is 4.06. The third-order valence-corrected chi connectivity index (χ3v) is 2.40. The average molecular weight is 228 g/mol. The summed E-state index contributed by atoms with van der Waals surface area (Å²) in [6.45, 7) is 7.26. The lowest BCUT2D eigenvalue weighted by atomic mass is 10.2. The Morgan fingerprint density at radius 2 is 2.07 bits per heavy atom. The first kappa shape index (κ1) is 12.0. The van der Waals surface area contributed by atoms with E-state index in [1.807, 2.05) is 13.8 Å². The Balaban J connectivity index is 3.01. The van der Waals surface area contributed by atoms with E-state index < -0.39 is 5.97 Å². The zero-order chi connectivity index (χ0) is 11.6. The number of rotatable bonds is 2. The van der Waals surface area contributed by atoms with Gasteiger partial charge in [-0.2, -0.15) is 0 Å². The van der Waals surface area contributed by atoms with Crippen LogP contribution in [0.15, 0.2) is 6.07 Å². The Hall–Kier alpha value is -1.09. The van der Waals surface area contributed by atoms with E-state index in [4.69, 9.17) is 16.3 Å². The second kappa shape index (κ2) is 4.62. The SMILES string of the molecule is Cc1nc(C(=O)OC(C)C)cc(Cl)c1C. The van der Waals surface area contributed by atoms with Gasteiger partial charge in [-0.05, 0) is 39.3 Å². The molecule has 0 aliphatic carbocycles. The number of aryl methyl sites for hydroxylation is 1. The molecule has 1 rings (SSSR count). The fourth-order valence-corrected chi connectivity index (χ4v) is 1.32. The number of hydrogen-bond donors (Lipinski definition) is 0. The largest absolute Gasteiger partial charge is 0.458 e. The fourth-order valence-electron chi connectivity index (χ4n) is 1.08. The molecule has 0 radical (unpaired) electrons. The number of ether oxygens (including phenoxy) is 1. The van der Waals surface area contributed by atoms with Crippen LogP contribution >= 0.6 is 11.6 Å². The molecule has 0 spiro atoms. The van der Waals surface area contributed by atoms with Crippen LogP contribution in [0.2, 0.25) is 5.02 Å². The van der Waals surface area contributed by atoms with Crippen LogP contribution < -0.4 is 0 Å². The van der Waals surface area contributed by atoms with Gasteiger partial charge < -0.3 is 4.74 Å². The minimum Gasteiger partial charge on any atom is -0.458 e. The summed E-state index contributed by atoms with van der Waals surface area (Å²) in [5.74, 6) is -0.435. The molecule has 0 amide bonds. The topological polar surface area (TPSA) is 39.2 Å². The highest BCUT2D eigenvalue weighted by Crippen LogP contribution is 2.18. The summed E-state index contributed by atoms with van der Waals surface area (Å²) in [6.07, 6.45) is -0.153. The number of halogens is 1. The van der Waals surface area contributed by atoms with Gasteiger partial charge in [0.25, 0.3) is 0 Å². The molecule has 1 aromatic heterocycles. The minimum atomic E-state index is -0.435. The van der Waals surface area contributed by atoms with E-state index in [0.29, 0.717) is 5.02 Å². The van der Waals surface area contributed by atoms with Crippen LogP contribution in [0.5, 0.6) is 0 Å². The van der Waals surface area contributed by atoms with E-state index >= 15 is 0 Å². The summed E-state index contributed by atoms with van der Waals surface area (Å²) in [5.41, 5.74) is 1.90. The van der Waals surface area contributed by atoms with Gasteiger partial charge in [-0.15, -0.1) is 0 Å². The first-order chi connectivity index (χ1) is 6.91. The number of hydrogen-bond acceptors (Lipinski definition) is 3. The zero-order valence-corrected chi connectivity index (χ0v) is 10.1. The van der Waals surface area contributed by atoms with E-state index in [1.165, 1.54) is 6.07 Å². The molecule has 0 unspecified atom stereocenters. The minimum absolute atomic E-state index is 0.153. The molecule has 0 saturated heterocycles. The monoisotopic (exact) mass is 227 g/mol. The van der Waals surface area contributed by atoms with Gasteiger partial charge in [0.2, 0.25) is 0 Å². The number of carbonyl (C=O) groups excluding carboxylic acids is 1. The molecule has 0 aromatic carbocycles. The lowest BCUT2D eigenvalue weighted by Crippen LogP contribution is -2.13. The molecule has 0 aliphatic rings. The Kier molecular flexibility index (Phi) is 3.69. The molecule has 82 valence electrons. The van der Waals surface area contributed by atoms with Crippen LogP contribution in [0.25, 0.3) is 0 Å². The molecule has 0 atom stereocenters. The smallest absolute Gasteiger partial charge is 0.357 e. The van der Waals surface area contributed by atoms with Crippen molar-refractivity contribution in [2.24, 2.45) is 0 Å². The van der Waals surface area contributed by atoms with Gasteiger partial charge in [0.05, 0.1) is 6.10 Å². The molecule has 4 heteroatoms. The normalized spacial score (nSPS) is 10.5.